The lowest BCUT2D eigenvalue weighted by Gasteiger charge is -2.44. The minimum Gasteiger partial charge on any atom is -0.465 e. The Morgan fingerprint density at radius 2 is 1.75 bits per heavy atom. The van der Waals surface area contributed by atoms with Crippen LogP contribution in [0.1, 0.15) is 71.1 Å². The van der Waals surface area contributed by atoms with Crippen LogP contribution in [0.4, 0.5) is 0 Å². The molecule has 3 heteroatoms. The second-order valence-corrected chi connectivity index (χ2v) is 7.33. The minimum absolute atomic E-state index is 0.00787. The maximum absolute atomic E-state index is 12.5. The van der Waals surface area contributed by atoms with E-state index in [1.807, 2.05) is 6.92 Å². The van der Waals surface area contributed by atoms with Crippen molar-refractivity contribution in [1.29, 1.82) is 0 Å². The Labute approximate surface area is 122 Å². The molecule has 114 valence electrons. The van der Waals surface area contributed by atoms with Crippen molar-refractivity contribution < 1.29 is 9.53 Å². The first-order chi connectivity index (χ1) is 9.68. The van der Waals surface area contributed by atoms with Crippen LogP contribution in [0.5, 0.6) is 0 Å². The van der Waals surface area contributed by atoms with Crippen LogP contribution in [0, 0.1) is 11.3 Å². The molecule has 3 aliphatic carbocycles. The second-order valence-electron chi connectivity index (χ2n) is 7.33. The van der Waals surface area contributed by atoms with Gasteiger partial charge in [0.15, 0.2) is 0 Å². The number of esters is 1. The lowest BCUT2D eigenvalue weighted by molar-refractivity contribution is -0.154. The highest BCUT2D eigenvalue weighted by Crippen LogP contribution is 2.51. The zero-order valence-electron chi connectivity index (χ0n) is 12.9. The van der Waals surface area contributed by atoms with Crippen LogP contribution in [-0.4, -0.2) is 24.7 Å². The third-order valence-corrected chi connectivity index (χ3v) is 5.92. The summed E-state index contributed by atoms with van der Waals surface area (Å²) < 4.78 is 5.39. The lowest BCUT2D eigenvalue weighted by atomic mass is 9.66. The number of nitrogens with one attached hydrogen (secondary N) is 1. The molecule has 0 radical (unpaired) electrons. The standard InChI is InChI=1S/C17H29NO2/c1-2-20-15(19)17(18-13-14-5-6-14)11-9-16(10-12-17)7-3-4-8-16/h14,18H,2-13H2,1H3. The zero-order chi connectivity index (χ0) is 14.1. The molecule has 0 saturated heterocycles. The van der Waals surface area contributed by atoms with Crippen LogP contribution in [0.15, 0.2) is 0 Å². The molecule has 1 spiro atoms. The molecular weight excluding hydrogens is 250 g/mol. The summed E-state index contributed by atoms with van der Waals surface area (Å²) in [5.41, 5.74) is 0.198. The topological polar surface area (TPSA) is 38.3 Å². The van der Waals surface area contributed by atoms with Gasteiger partial charge in [0.2, 0.25) is 0 Å². The maximum Gasteiger partial charge on any atom is 0.326 e. The summed E-state index contributed by atoms with van der Waals surface area (Å²) in [7, 11) is 0. The summed E-state index contributed by atoms with van der Waals surface area (Å²) in [5, 5.41) is 3.61. The number of rotatable bonds is 5. The van der Waals surface area contributed by atoms with Crippen LogP contribution in [0.3, 0.4) is 0 Å². The summed E-state index contributed by atoms with van der Waals surface area (Å²) in [6.45, 7) is 3.41. The van der Waals surface area contributed by atoms with Crippen LogP contribution in [0.2, 0.25) is 0 Å². The average molecular weight is 279 g/mol. The Morgan fingerprint density at radius 3 is 2.30 bits per heavy atom. The van der Waals surface area contributed by atoms with E-state index >= 15 is 0 Å². The van der Waals surface area contributed by atoms with E-state index in [4.69, 9.17) is 4.74 Å². The smallest absolute Gasteiger partial charge is 0.326 e. The molecule has 0 aromatic heterocycles. The van der Waals surface area contributed by atoms with Crippen molar-refractivity contribution in [3.05, 3.63) is 0 Å². The molecule has 0 aromatic rings. The molecule has 20 heavy (non-hydrogen) atoms. The van der Waals surface area contributed by atoms with Gasteiger partial charge in [-0.3, -0.25) is 4.79 Å². The Balaban J connectivity index is 1.64. The lowest BCUT2D eigenvalue weighted by Crippen LogP contribution is -2.56. The van der Waals surface area contributed by atoms with E-state index < -0.39 is 0 Å². The van der Waals surface area contributed by atoms with Crippen molar-refractivity contribution >= 4 is 5.97 Å². The van der Waals surface area contributed by atoms with Crippen molar-refractivity contribution in [2.24, 2.45) is 11.3 Å². The normalized spacial score (nSPS) is 27.6. The Bertz CT molecular complexity index is 346. The van der Waals surface area contributed by atoms with Crippen molar-refractivity contribution in [3.63, 3.8) is 0 Å². The van der Waals surface area contributed by atoms with Gasteiger partial charge in [0.05, 0.1) is 6.61 Å². The van der Waals surface area contributed by atoms with Crippen LogP contribution in [0.25, 0.3) is 0 Å². The monoisotopic (exact) mass is 279 g/mol. The van der Waals surface area contributed by atoms with Crippen molar-refractivity contribution in [3.8, 4) is 0 Å². The van der Waals surface area contributed by atoms with Crippen molar-refractivity contribution in [2.75, 3.05) is 13.2 Å². The Morgan fingerprint density at radius 1 is 1.10 bits per heavy atom. The van der Waals surface area contributed by atoms with Gasteiger partial charge in [-0.15, -0.1) is 0 Å². The van der Waals surface area contributed by atoms with E-state index in [1.54, 1.807) is 0 Å². The van der Waals surface area contributed by atoms with Gasteiger partial charge in [-0.05, 0) is 76.2 Å². The largest absolute Gasteiger partial charge is 0.465 e. The predicted octanol–water partition coefficient (Wildman–Crippen LogP) is 3.42. The molecule has 0 unspecified atom stereocenters. The van der Waals surface area contributed by atoms with Gasteiger partial charge in [0.25, 0.3) is 0 Å². The average Bonchev–Trinajstić information content (AvgIpc) is 3.19. The minimum atomic E-state index is -0.369. The fraction of sp³-hybridized carbons (Fsp3) is 0.941. The highest BCUT2D eigenvalue weighted by molar-refractivity contribution is 5.81. The van der Waals surface area contributed by atoms with Gasteiger partial charge in [0.1, 0.15) is 5.54 Å². The van der Waals surface area contributed by atoms with E-state index in [9.17, 15) is 4.79 Å². The fourth-order valence-corrected chi connectivity index (χ4v) is 4.22. The van der Waals surface area contributed by atoms with Gasteiger partial charge in [-0.1, -0.05) is 12.8 Å². The van der Waals surface area contributed by atoms with Crippen molar-refractivity contribution in [1.82, 2.24) is 5.32 Å². The summed E-state index contributed by atoms with van der Waals surface area (Å²) in [6.07, 6.45) is 12.6. The molecular formula is C17H29NO2. The SMILES string of the molecule is CCOC(=O)C1(NCC2CC2)CCC2(CCCC2)CC1. The Hall–Kier alpha value is -0.570. The number of hydrogen-bond acceptors (Lipinski definition) is 3. The van der Waals surface area contributed by atoms with Crippen LogP contribution >= 0.6 is 0 Å². The van der Waals surface area contributed by atoms with Crippen LogP contribution in [-0.2, 0) is 9.53 Å². The molecule has 0 aliphatic heterocycles. The third kappa shape index (κ3) is 2.88. The van der Waals surface area contributed by atoms with Gasteiger partial charge in [0, 0.05) is 0 Å². The first-order valence-corrected chi connectivity index (χ1v) is 8.60. The summed E-state index contributed by atoms with van der Waals surface area (Å²) >= 11 is 0. The molecule has 0 amide bonds. The second kappa shape index (κ2) is 5.67. The van der Waals surface area contributed by atoms with E-state index in [0.717, 1.165) is 25.3 Å². The number of carbonyl (C=O) groups is 1. The van der Waals surface area contributed by atoms with E-state index in [1.165, 1.54) is 51.4 Å². The van der Waals surface area contributed by atoms with E-state index in [2.05, 4.69) is 5.32 Å². The summed E-state index contributed by atoms with van der Waals surface area (Å²) in [5.74, 6) is 0.817. The van der Waals surface area contributed by atoms with E-state index in [0.29, 0.717) is 12.0 Å². The third-order valence-electron chi connectivity index (χ3n) is 5.92. The molecule has 0 atom stereocenters. The van der Waals surface area contributed by atoms with Gasteiger partial charge in [-0.25, -0.2) is 0 Å². The summed E-state index contributed by atoms with van der Waals surface area (Å²) in [4.78, 5) is 12.5. The van der Waals surface area contributed by atoms with E-state index in [-0.39, 0.29) is 11.5 Å². The number of carbonyl (C=O) groups excluding carboxylic acids is 1. The van der Waals surface area contributed by atoms with Gasteiger partial charge in [-0.2, -0.15) is 0 Å². The highest BCUT2D eigenvalue weighted by atomic mass is 16.5. The molecule has 3 rings (SSSR count). The van der Waals surface area contributed by atoms with Gasteiger partial charge >= 0.3 is 5.97 Å². The molecule has 3 aliphatic rings. The maximum atomic E-state index is 12.5. The quantitative estimate of drug-likeness (QED) is 0.784. The predicted molar refractivity (Wildman–Crippen MR) is 79.5 cm³/mol. The number of ether oxygens (including phenoxy) is 1. The van der Waals surface area contributed by atoms with Crippen LogP contribution < -0.4 is 5.32 Å². The zero-order valence-corrected chi connectivity index (χ0v) is 12.9. The molecule has 0 heterocycles. The molecule has 3 saturated carbocycles. The molecule has 0 aromatic carbocycles. The molecule has 3 nitrogen and oxygen atoms in total. The fourth-order valence-electron chi connectivity index (χ4n) is 4.22. The number of hydrogen-bond donors (Lipinski definition) is 1. The van der Waals surface area contributed by atoms with Crippen molar-refractivity contribution in [2.45, 2.75) is 76.7 Å². The Kier molecular flexibility index (Phi) is 4.07. The molecule has 1 N–H and O–H groups in total. The van der Waals surface area contributed by atoms with Gasteiger partial charge < -0.3 is 10.1 Å². The highest BCUT2D eigenvalue weighted by Gasteiger charge is 2.48. The first-order valence-electron chi connectivity index (χ1n) is 8.60. The molecule has 0 bridgehead atoms. The summed E-state index contributed by atoms with van der Waals surface area (Å²) in [6, 6.07) is 0. The first kappa shape index (κ1) is 14.4. The molecule has 3 fully saturated rings.